The number of carbonyl (C=O) groups is 1. The zero-order valence-electron chi connectivity index (χ0n) is 18.4. The predicted molar refractivity (Wildman–Crippen MR) is 133 cm³/mol. The summed E-state index contributed by atoms with van der Waals surface area (Å²) in [4.78, 5) is 20.6. The maximum atomic E-state index is 13.9. The molecule has 0 saturated carbocycles. The first-order valence-electron chi connectivity index (χ1n) is 11.4. The highest BCUT2D eigenvalue weighted by Crippen LogP contribution is 2.30. The maximum absolute atomic E-state index is 13.9. The second-order valence-electron chi connectivity index (χ2n) is 8.66. The number of amides is 1. The van der Waals surface area contributed by atoms with Gasteiger partial charge in [0, 0.05) is 41.2 Å². The summed E-state index contributed by atoms with van der Waals surface area (Å²) in [6, 6.07) is 23.1. The summed E-state index contributed by atoms with van der Waals surface area (Å²) in [7, 11) is 0. The van der Waals surface area contributed by atoms with Crippen LogP contribution < -0.4 is 0 Å². The molecule has 0 N–H and O–H groups in total. The van der Waals surface area contributed by atoms with Crippen LogP contribution in [-0.2, 0) is 0 Å². The number of pyridine rings is 2. The number of hydrogen-bond donors (Lipinski definition) is 0. The highest BCUT2D eigenvalue weighted by atomic mass is 35.5. The third-order valence-corrected chi connectivity index (χ3v) is 6.75. The molecule has 1 aliphatic heterocycles. The van der Waals surface area contributed by atoms with E-state index in [1.165, 1.54) is 0 Å². The van der Waals surface area contributed by atoms with Crippen molar-refractivity contribution < 1.29 is 4.79 Å². The van der Waals surface area contributed by atoms with Gasteiger partial charge in [-0.05, 0) is 49.2 Å². The summed E-state index contributed by atoms with van der Waals surface area (Å²) in [5, 5.41) is 10.3. The number of aromatic nitrogens is 4. The van der Waals surface area contributed by atoms with Crippen LogP contribution >= 0.6 is 11.6 Å². The number of benzene rings is 2. The van der Waals surface area contributed by atoms with Crippen LogP contribution in [0.15, 0.2) is 79.0 Å². The first-order chi connectivity index (χ1) is 16.7. The lowest BCUT2D eigenvalue weighted by molar-refractivity contribution is 0.0706. The molecule has 3 aromatic heterocycles. The summed E-state index contributed by atoms with van der Waals surface area (Å²) in [5.74, 6) is 1.07. The second-order valence-corrected chi connectivity index (χ2v) is 9.09. The fraction of sp³-hybridized carbons (Fsp3) is 0.185. The van der Waals surface area contributed by atoms with E-state index in [2.05, 4.69) is 10.2 Å². The highest BCUT2D eigenvalue weighted by molar-refractivity contribution is 6.30. The van der Waals surface area contributed by atoms with E-state index in [0.717, 1.165) is 53.0 Å². The summed E-state index contributed by atoms with van der Waals surface area (Å²) < 4.78 is 2.03. The van der Waals surface area contributed by atoms with Crippen molar-refractivity contribution in [3.8, 4) is 11.3 Å². The molecular weight excluding hydrogens is 446 g/mol. The molecule has 7 heteroatoms. The molecule has 0 bridgehead atoms. The van der Waals surface area contributed by atoms with E-state index in [4.69, 9.17) is 16.6 Å². The minimum Gasteiger partial charge on any atom is -0.338 e. The fourth-order valence-corrected chi connectivity index (χ4v) is 4.93. The molecular formula is C27H22ClN5O. The van der Waals surface area contributed by atoms with Crippen LogP contribution in [-0.4, -0.2) is 43.5 Å². The van der Waals surface area contributed by atoms with Crippen molar-refractivity contribution in [2.75, 3.05) is 13.1 Å². The second kappa shape index (κ2) is 8.54. The monoisotopic (exact) mass is 467 g/mol. The van der Waals surface area contributed by atoms with Gasteiger partial charge in [-0.1, -0.05) is 48.0 Å². The Morgan fingerprint density at radius 3 is 2.68 bits per heavy atom. The molecule has 1 amide bonds. The maximum Gasteiger partial charge on any atom is 0.254 e. The van der Waals surface area contributed by atoms with Crippen molar-refractivity contribution in [3.05, 3.63) is 95.4 Å². The Hall–Kier alpha value is -3.77. The lowest BCUT2D eigenvalue weighted by Crippen LogP contribution is -2.39. The van der Waals surface area contributed by atoms with Crippen molar-refractivity contribution in [2.24, 2.45) is 0 Å². The summed E-state index contributed by atoms with van der Waals surface area (Å²) in [5.41, 5.74) is 3.98. The number of piperidine rings is 1. The van der Waals surface area contributed by atoms with Gasteiger partial charge in [-0.25, -0.2) is 4.98 Å². The molecule has 0 radical (unpaired) electrons. The van der Waals surface area contributed by atoms with Crippen LogP contribution in [0, 0.1) is 0 Å². The van der Waals surface area contributed by atoms with Gasteiger partial charge in [0.15, 0.2) is 5.65 Å². The fourth-order valence-electron chi connectivity index (χ4n) is 4.80. The van der Waals surface area contributed by atoms with Crippen molar-refractivity contribution in [1.29, 1.82) is 0 Å². The van der Waals surface area contributed by atoms with Gasteiger partial charge in [0.25, 0.3) is 5.91 Å². The lowest BCUT2D eigenvalue weighted by Gasteiger charge is -2.32. The van der Waals surface area contributed by atoms with Gasteiger partial charge >= 0.3 is 0 Å². The summed E-state index contributed by atoms with van der Waals surface area (Å²) in [6.07, 6.45) is 3.89. The number of rotatable bonds is 3. The van der Waals surface area contributed by atoms with Gasteiger partial charge in [-0.15, -0.1) is 10.2 Å². The van der Waals surface area contributed by atoms with Gasteiger partial charge in [-0.3, -0.25) is 9.20 Å². The number of halogens is 1. The Bertz CT molecular complexity index is 1510. The Balaban J connectivity index is 1.37. The average Bonchev–Trinajstić information content (AvgIpc) is 3.32. The van der Waals surface area contributed by atoms with Crippen molar-refractivity contribution in [3.63, 3.8) is 0 Å². The van der Waals surface area contributed by atoms with Crippen molar-refractivity contribution in [2.45, 2.75) is 18.8 Å². The van der Waals surface area contributed by atoms with E-state index in [1.807, 2.05) is 88.3 Å². The van der Waals surface area contributed by atoms with Crippen LogP contribution in [0.25, 0.3) is 27.8 Å². The van der Waals surface area contributed by atoms with Crippen molar-refractivity contribution in [1.82, 2.24) is 24.5 Å². The molecule has 6 rings (SSSR count). The van der Waals surface area contributed by atoms with Gasteiger partial charge in [0.05, 0.1) is 16.8 Å². The van der Waals surface area contributed by atoms with E-state index >= 15 is 0 Å². The molecule has 168 valence electrons. The molecule has 2 aromatic carbocycles. The van der Waals surface area contributed by atoms with Crippen molar-refractivity contribution >= 4 is 34.1 Å². The molecule has 0 aliphatic carbocycles. The first kappa shape index (κ1) is 20.8. The molecule has 4 heterocycles. The number of hydrogen-bond acceptors (Lipinski definition) is 4. The number of nitrogens with zero attached hydrogens (tertiary/aromatic N) is 5. The number of fused-ring (bicyclic) bond motifs is 2. The quantitative estimate of drug-likeness (QED) is 0.345. The average molecular weight is 468 g/mol. The smallest absolute Gasteiger partial charge is 0.254 e. The molecule has 34 heavy (non-hydrogen) atoms. The Morgan fingerprint density at radius 1 is 0.971 bits per heavy atom. The molecule has 0 spiro atoms. The molecule has 5 aromatic rings. The van der Waals surface area contributed by atoms with E-state index < -0.39 is 0 Å². The zero-order valence-corrected chi connectivity index (χ0v) is 19.2. The molecule has 6 nitrogen and oxygen atoms in total. The Morgan fingerprint density at radius 2 is 1.79 bits per heavy atom. The number of carbonyl (C=O) groups excluding carboxylic acids is 1. The zero-order chi connectivity index (χ0) is 23.1. The normalized spacial score (nSPS) is 16.3. The third-order valence-electron chi connectivity index (χ3n) is 6.50. The SMILES string of the molecule is O=C(c1cc(-c2ccc(Cl)cc2)nc2ccccc12)N1CCC[C@H](c2nnc3ccccn23)C1. The predicted octanol–water partition coefficient (Wildman–Crippen LogP) is 5.62. The Kier molecular flexibility index (Phi) is 5.23. The van der Waals surface area contributed by atoms with E-state index in [-0.39, 0.29) is 11.8 Å². The van der Waals surface area contributed by atoms with Crippen LogP contribution in [0.5, 0.6) is 0 Å². The van der Waals surface area contributed by atoms with Crippen LogP contribution in [0.3, 0.4) is 0 Å². The van der Waals surface area contributed by atoms with Gasteiger partial charge in [-0.2, -0.15) is 0 Å². The van der Waals surface area contributed by atoms with E-state index in [1.54, 1.807) is 0 Å². The Labute approximate surface area is 201 Å². The summed E-state index contributed by atoms with van der Waals surface area (Å²) >= 11 is 6.08. The molecule has 0 unspecified atom stereocenters. The van der Waals surface area contributed by atoms with Gasteiger partial charge in [0.2, 0.25) is 0 Å². The summed E-state index contributed by atoms with van der Waals surface area (Å²) in [6.45, 7) is 1.33. The molecule has 1 aliphatic rings. The third kappa shape index (κ3) is 3.70. The molecule has 1 fully saturated rings. The number of para-hydroxylation sites is 1. The first-order valence-corrected chi connectivity index (χ1v) is 11.8. The van der Waals surface area contributed by atoms with Gasteiger partial charge < -0.3 is 4.90 Å². The minimum absolute atomic E-state index is 0.0207. The molecule has 1 atom stereocenters. The standard InChI is InChI=1S/C27H22ClN5O/c28-20-12-10-18(11-13-20)24-16-22(21-7-1-2-8-23(21)29-24)27(34)32-14-5-6-19(17-32)26-31-30-25-9-3-4-15-33(25)26/h1-4,7-13,15-16,19H,5-6,14,17H2/t19-/m0/s1. The van der Waals surface area contributed by atoms with E-state index in [9.17, 15) is 4.79 Å². The topological polar surface area (TPSA) is 63.4 Å². The highest BCUT2D eigenvalue weighted by Gasteiger charge is 2.29. The lowest BCUT2D eigenvalue weighted by atomic mass is 9.95. The van der Waals surface area contributed by atoms with Gasteiger partial charge in [0.1, 0.15) is 5.82 Å². The van der Waals surface area contributed by atoms with E-state index in [0.29, 0.717) is 17.1 Å². The molecule has 1 saturated heterocycles. The number of likely N-dealkylation sites (tertiary alicyclic amines) is 1. The van der Waals surface area contributed by atoms with Crippen LogP contribution in [0.4, 0.5) is 0 Å². The van der Waals surface area contributed by atoms with Crippen LogP contribution in [0.2, 0.25) is 5.02 Å². The largest absolute Gasteiger partial charge is 0.338 e. The van der Waals surface area contributed by atoms with Crippen LogP contribution in [0.1, 0.15) is 34.9 Å². The minimum atomic E-state index is 0.0207.